The number of hydrogen-bond acceptors (Lipinski definition) is 7. The third-order valence-corrected chi connectivity index (χ3v) is 7.55. The Labute approximate surface area is 200 Å². The van der Waals surface area contributed by atoms with Crippen LogP contribution in [0.4, 0.5) is 4.79 Å². The zero-order valence-electron chi connectivity index (χ0n) is 19.8. The number of ether oxygens (including phenoxy) is 4. The van der Waals surface area contributed by atoms with Crippen molar-refractivity contribution in [2.75, 3.05) is 33.4 Å². The lowest BCUT2D eigenvalue weighted by Crippen LogP contribution is -2.50. The van der Waals surface area contributed by atoms with Crippen LogP contribution >= 0.6 is 11.3 Å². The monoisotopic (exact) mass is 474 g/mol. The first-order valence-corrected chi connectivity index (χ1v) is 12.7. The Morgan fingerprint density at radius 1 is 1.27 bits per heavy atom. The first-order valence-electron chi connectivity index (χ1n) is 11.8. The lowest BCUT2D eigenvalue weighted by Gasteiger charge is -2.40. The van der Waals surface area contributed by atoms with Crippen LogP contribution in [0.15, 0.2) is 23.7 Å². The van der Waals surface area contributed by atoms with Crippen LogP contribution in [-0.2, 0) is 21.5 Å². The van der Waals surface area contributed by atoms with Crippen LogP contribution in [0.2, 0.25) is 0 Å². The summed E-state index contributed by atoms with van der Waals surface area (Å²) in [4.78, 5) is 19.9. The number of aromatic nitrogens is 1. The number of morpholine rings is 1. The van der Waals surface area contributed by atoms with Gasteiger partial charge in [-0.3, -0.25) is 0 Å². The van der Waals surface area contributed by atoms with E-state index in [1.54, 1.807) is 23.3 Å². The predicted octanol–water partition coefficient (Wildman–Crippen LogP) is 5.10. The summed E-state index contributed by atoms with van der Waals surface area (Å²) in [6.07, 6.45) is 6.42. The molecule has 0 bridgehead atoms. The Kier molecular flexibility index (Phi) is 7.75. The molecule has 2 fully saturated rings. The van der Waals surface area contributed by atoms with Crippen LogP contribution in [0.1, 0.15) is 55.2 Å². The number of aryl methyl sites for hydroxylation is 1. The molecule has 1 saturated carbocycles. The minimum Gasteiger partial charge on any atom is -0.493 e. The second-order valence-corrected chi connectivity index (χ2v) is 9.91. The molecule has 2 heterocycles. The molecule has 0 N–H and O–H groups in total. The number of thiazole rings is 1. The van der Waals surface area contributed by atoms with Crippen molar-refractivity contribution in [3.8, 4) is 11.5 Å². The maximum atomic E-state index is 12.8. The summed E-state index contributed by atoms with van der Waals surface area (Å²) in [6.45, 7) is 5.71. The summed E-state index contributed by atoms with van der Waals surface area (Å²) in [5.41, 5.74) is 3.14. The summed E-state index contributed by atoms with van der Waals surface area (Å²) in [6, 6.07) is 5.93. The van der Waals surface area contributed by atoms with Crippen LogP contribution in [0.5, 0.6) is 11.5 Å². The van der Waals surface area contributed by atoms with Gasteiger partial charge in [-0.1, -0.05) is 12.5 Å². The first-order chi connectivity index (χ1) is 16.0. The summed E-state index contributed by atoms with van der Waals surface area (Å²) >= 11 is 1.59. The minimum atomic E-state index is -0.650. The number of carbonyl (C=O) groups is 1. The normalized spacial score (nSPS) is 21.6. The van der Waals surface area contributed by atoms with Crippen molar-refractivity contribution in [2.24, 2.45) is 0 Å². The number of nitrogens with zero attached hydrogens (tertiary/aromatic N) is 2. The predicted molar refractivity (Wildman–Crippen MR) is 127 cm³/mol. The van der Waals surface area contributed by atoms with Crippen molar-refractivity contribution in [2.45, 2.75) is 64.1 Å². The highest BCUT2D eigenvalue weighted by Gasteiger charge is 2.37. The van der Waals surface area contributed by atoms with Crippen LogP contribution in [-0.4, -0.2) is 55.5 Å². The smallest absolute Gasteiger partial charge is 0.409 e. The van der Waals surface area contributed by atoms with E-state index < -0.39 is 5.60 Å². The topological polar surface area (TPSA) is 70.1 Å². The van der Waals surface area contributed by atoms with E-state index in [2.05, 4.69) is 4.98 Å². The number of benzene rings is 1. The highest BCUT2D eigenvalue weighted by atomic mass is 32.1. The maximum absolute atomic E-state index is 12.8. The fourth-order valence-electron chi connectivity index (χ4n) is 4.55. The maximum Gasteiger partial charge on any atom is 0.409 e. The minimum absolute atomic E-state index is 0.219. The fraction of sp³-hybridized carbons (Fsp3) is 0.600. The Morgan fingerprint density at radius 2 is 2.09 bits per heavy atom. The van der Waals surface area contributed by atoms with Gasteiger partial charge < -0.3 is 23.8 Å². The summed E-state index contributed by atoms with van der Waals surface area (Å²) < 4.78 is 23.6. The summed E-state index contributed by atoms with van der Waals surface area (Å²) in [7, 11) is 1.66. The van der Waals surface area contributed by atoms with Gasteiger partial charge in [0.15, 0.2) is 11.5 Å². The van der Waals surface area contributed by atoms with E-state index in [-0.39, 0.29) is 12.2 Å². The molecule has 1 unspecified atom stereocenters. The SMILES string of the molecule is COc1ccc(C2(C)CN(C(=O)OCCc3scnc3C)CCO2)cc1OC1CCCCC1. The molecule has 1 aliphatic heterocycles. The molecular weight excluding hydrogens is 440 g/mol. The van der Waals surface area contributed by atoms with Crippen LogP contribution in [0, 0.1) is 6.92 Å². The summed E-state index contributed by atoms with van der Waals surface area (Å²) in [5.74, 6) is 1.46. The van der Waals surface area contributed by atoms with E-state index in [0.717, 1.165) is 40.5 Å². The van der Waals surface area contributed by atoms with Crippen molar-refractivity contribution in [1.29, 1.82) is 0 Å². The third kappa shape index (κ3) is 5.79. The number of hydrogen-bond donors (Lipinski definition) is 0. The second kappa shape index (κ2) is 10.7. The molecule has 2 aliphatic rings. The largest absolute Gasteiger partial charge is 0.493 e. The fourth-order valence-corrected chi connectivity index (χ4v) is 5.31. The van der Waals surface area contributed by atoms with Gasteiger partial charge in [0.2, 0.25) is 0 Å². The van der Waals surface area contributed by atoms with E-state index >= 15 is 0 Å². The molecule has 1 aliphatic carbocycles. The Balaban J connectivity index is 1.41. The molecule has 1 atom stereocenters. The molecule has 4 rings (SSSR count). The lowest BCUT2D eigenvalue weighted by molar-refractivity contribution is -0.0975. The molecule has 1 saturated heterocycles. The molecule has 2 aromatic rings. The van der Waals surface area contributed by atoms with E-state index in [1.807, 2.05) is 37.6 Å². The molecule has 1 aromatic heterocycles. The van der Waals surface area contributed by atoms with E-state index in [4.69, 9.17) is 18.9 Å². The van der Waals surface area contributed by atoms with Crippen molar-refractivity contribution < 1.29 is 23.7 Å². The average Bonchev–Trinajstić information content (AvgIpc) is 3.24. The molecule has 33 heavy (non-hydrogen) atoms. The third-order valence-electron chi connectivity index (χ3n) is 6.55. The van der Waals surface area contributed by atoms with Crippen molar-refractivity contribution in [1.82, 2.24) is 9.88 Å². The number of methoxy groups -OCH3 is 1. The zero-order chi connectivity index (χ0) is 23.3. The molecule has 1 amide bonds. The van der Waals surface area contributed by atoms with E-state index in [0.29, 0.717) is 32.7 Å². The molecule has 0 radical (unpaired) electrons. The summed E-state index contributed by atoms with van der Waals surface area (Å²) in [5, 5.41) is 0. The Bertz CT molecular complexity index is 943. The first kappa shape index (κ1) is 23.8. The van der Waals surface area contributed by atoms with Gasteiger partial charge in [-0.15, -0.1) is 11.3 Å². The zero-order valence-corrected chi connectivity index (χ0v) is 20.6. The van der Waals surface area contributed by atoms with Crippen LogP contribution in [0.3, 0.4) is 0 Å². The second-order valence-electron chi connectivity index (χ2n) is 8.97. The quantitative estimate of drug-likeness (QED) is 0.556. The van der Waals surface area contributed by atoms with Crippen LogP contribution in [0.25, 0.3) is 0 Å². The van der Waals surface area contributed by atoms with Gasteiger partial charge in [-0.2, -0.15) is 0 Å². The average molecular weight is 475 g/mol. The van der Waals surface area contributed by atoms with Gasteiger partial charge in [-0.25, -0.2) is 9.78 Å². The molecule has 8 heteroatoms. The van der Waals surface area contributed by atoms with Gasteiger partial charge in [0.05, 0.1) is 44.2 Å². The van der Waals surface area contributed by atoms with Gasteiger partial charge in [0.25, 0.3) is 0 Å². The van der Waals surface area contributed by atoms with Crippen LogP contribution < -0.4 is 9.47 Å². The van der Waals surface area contributed by atoms with Gasteiger partial charge in [-0.05, 0) is 57.2 Å². The van der Waals surface area contributed by atoms with Crippen molar-refractivity contribution >= 4 is 17.4 Å². The number of amides is 1. The van der Waals surface area contributed by atoms with Gasteiger partial charge in [0.1, 0.15) is 5.60 Å². The van der Waals surface area contributed by atoms with E-state index in [1.165, 1.54) is 19.3 Å². The lowest BCUT2D eigenvalue weighted by atomic mass is 9.93. The molecular formula is C25H34N2O5S. The molecule has 1 aromatic carbocycles. The van der Waals surface area contributed by atoms with Gasteiger partial charge >= 0.3 is 6.09 Å². The van der Waals surface area contributed by atoms with Crippen molar-refractivity contribution in [3.05, 3.63) is 39.8 Å². The Morgan fingerprint density at radius 3 is 2.82 bits per heavy atom. The van der Waals surface area contributed by atoms with E-state index in [9.17, 15) is 4.79 Å². The standard InChI is InChI=1S/C25H34N2O5S/c1-18-23(33-17-26-18)11-13-30-24(28)27-12-14-31-25(2,16-27)19-9-10-21(29-3)22(15-19)32-20-7-5-4-6-8-20/h9-10,15,17,20H,4-8,11-14,16H2,1-3H3. The molecule has 180 valence electrons. The highest BCUT2D eigenvalue weighted by Crippen LogP contribution is 2.37. The highest BCUT2D eigenvalue weighted by molar-refractivity contribution is 7.09. The Hall–Kier alpha value is -2.32. The molecule has 7 nitrogen and oxygen atoms in total. The van der Waals surface area contributed by atoms with Gasteiger partial charge in [0, 0.05) is 17.8 Å². The van der Waals surface area contributed by atoms with Crippen molar-refractivity contribution in [3.63, 3.8) is 0 Å². The molecule has 0 spiro atoms. The number of carbonyl (C=O) groups excluding carboxylic acids is 1. The number of rotatable bonds is 7.